The highest BCUT2D eigenvalue weighted by molar-refractivity contribution is 6.23. The van der Waals surface area contributed by atoms with Crippen molar-refractivity contribution in [3.8, 4) is 135 Å². The lowest BCUT2D eigenvalue weighted by molar-refractivity contribution is 1.18. The zero-order chi connectivity index (χ0) is 71.7. The molecule has 20 rings (SSSR count). The first kappa shape index (κ1) is 64.4. The Bertz CT molecular complexity index is 6660. The van der Waals surface area contributed by atoms with Gasteiger partial charge in [-0.05, 0) is 174 Å². The lowest BCUT2D eigenvalue weighted by atomic mass is 9.85. The third-order valence-electron chi connectivity index (χ3n) is 20.7. The van der Waals surface area contributed by atoms with E-state index in [1.807, 2.05) is 30.6 Å². The standard InChI is InChI=1S/C55H35N3.C47H31N3/c1-2-15-38-32-42(29-28-36(38)13-1)54-49-25-7-5-23-47(49)53(48-24-6-8-26-50(48)54)41-19-10-20-43(33-41)55-57-51(40-18-9-17-39(31-40)44-21-12-30-56-35-44)34-52(58-55)46-27-11-16-37-14-3-4-22-45(37)46;1-3-13-33(14-4-1)43-30-44(34-26-24-32(25-27-34)38-19-12-28-48-31-38)50-47(49-43)37-18-11-17-36(29-37)46-41-22-9-7-20-39(41)45(35-15-5-2-6-16-35)40-21-8-10-23-42(40)46/h1-35H;1-31H. The zero-order valence-corrected chi connectivity index (χ0v) is 58.8. The number of pyridine rings is 2. The molecule has 108 heavy (non-hydrogen) atoms. The monoisotopic (exact) mass is 1370 g/mol. The first-order valence-corrected chi connectivity index (χ1v) is 36.5. The molecule has 4 aromatic heterocycles. The first-order valence-electron chi connectivity index (χ1n) is 36.5. The van der Waals surface area contributed by atoms with Crippen molar-refractivity contribution < 1.29 is 0 Å². The van der Waals surface area contributed by atoms with Gasteiger partial charge in [0.05, 0.1) is 22.8 Å². The summed E-state index contributed by atoms with van der Waals surface area (Å²) >= 11 is 0. The molecule has 0 unspecified atom stereocenters. The third kappa shape index (κ3) is 12.3. The lowest BCUT2D eigenvalue weighted by Crippen LogP contribution is -1.97. The Kier molecular flexibility index (Phi) is 16.9. The van der Waals surface area contributed by atoms with Crippen LogP contribution < -0.4 is 0 Å². The van der Waals surface area contributed by atoms with Crippen LogP contribution in [-0.2, 0) is 0 Å². The second kappa shape index (κ2) is 28.3. The van der Waals surface area contributed by atoms with Crippen molar-refractivity contribution in [3.05, 3.63) is 401 Å². The molecule has 4 heterocycles. The van der Waals surface area contributed by atoms with Crippen LogP contribution in [0.15, 0.2) is 401 Å². The van der Waals surface area contributed by atoms with Gasteiger partial charge in [-0.3, -0.25) is 9.97 Å². The van der Waals surface area contributed by atoms with Crippen molar-refractivity contribution in [3.63, 3.8) is 0 Å². The Labute approximate surface area is 626 Å². The van der Waals surface area contributed by atoms with Crippen LogP contribution in [0.3, 0.4) is 0 Å². The molecule has 0 fully saturated rings. The number of rotatable bonds is 12. The molecule has 0 aliphatic heterocycles. The molecule has 16 aromatic carbocycles. The molecule has 0 atom stereocenters. The smallest absolute Gasteiger partial charge is 0.160 e. The maximum Gasteiger partial charge on any atom is 0.160 e. The minimum absolute atomic E-state index is 0.676. The summed E-state index contributed by atoms with van der Waals surface area (Å²) in [5.41, 5.74) is 23.5. The van der Waals surface area contributed by atoms with Crippen LogP contribution in [0.2, 0.25) is 0 Å². The Morgan fingerprint density at radius 3 is 1.00 bits per heavy atom. The van der Waals surface area contributed by atoms with E-state index in [0.29, 0.717) is 11.6 Å². The van der Waals surface area contributed by atoms with Gasteiger partial charge in [0.25, 0.3) is 0 Å². The van der Waals surface area contributed by atoms with Gasteiger partial charge >= 0.3 is 0 Å². The zero-order valence-electron chi connectivity index (χ0n) is 58.8. The molecule has 0 saturated heterocycles. The number of aromatic nitrogens is 6. The number of hydrogen-bond acceptors (Lipinski definition) is 6. The van der Waals surface area contributed by atoms with Crippen LogP contribution in [0.5, 0.6) is 0 Å². The summed E-state index contributed by atoms with van der Waals surface area (Å²) in [6.45, 7) is 0. The number of hydrogen-bond donors (Lipinski definition) is 0. The molecule has 0 aliphatic rings. The molecular formula is C102H66N6. The van der Waals surface area contributed by atoms with Crippen molar-refractivity contribution in [1.29, 1.82) is 0 Å². The van der Waals surface area contributed by atoms with Crippen molar-refractivity contribution >= 4 is 64.6 Å². The molecule has 20 aromatic rings. The van der Waals surface area contributed by atoms with E-state index in [-0.39, 0.29) is 0 Å². The van der Waals surface area contributed by atoms with Crippen LogP contribution >= 0.6 is 0 Å². The van der Waals surface area contributed by atoms with E-state index in [1.54, 1.807) is 12.4 Å². The largest absolute Gasteiger partial charge is 0.264 e. The second-order valence-corrected chi connectivity index (χ2v) is 27.2. The van der Waals surface area contributed by atoms with Gasteiger partial charge in [-0.25, -0.2) is 19.9 Å². The summed E-state index contributed by atoms with van der Waals surface area (Å²) in [4.78, 5) is 29.7. The average Bonchev–Trinajstić information content (AvgIpc) is 0.739. The number of fused-ring (bicyclic) bond motifs is 6. The van der Waals surface area contributed by atoms with Crippen LogP contribution in [0.25, 0.3) is 199 Å². The van der Waals surface area contributed by atoms with Gasteiger partial charge in [-0.1, -0.05) is 328 Å². The highest BCUT2D eigenvalue weighted by atomic mass is 14.9. The first-order chi connectivity index (χ1) is 53.5. The molecule has 6 heteroatoms. The summed E-state index contributed by atoms with van der Waals surface area (Å²) < 4.78 is 0. The van der Waals surface area contributed by atoms with E-state index in [2.05, 4.69) is 368 Å². The van der Waals surface area contributed by atoms with Gasteiger partial charge in [0.1, 0.15) is 0 Å². The molecule has 0 aliphatic carbocycles. The quantitative estimate of drug-likeness (QED) is 0.113. The fraction of sp³-hybridized carbons (Fsp3) is 0. The summed E-state index contributed by atoms with van der Waals surface area (Å²) in [7, 11) is 0. The van der Waals surface area contributed by atoms with Crippen LogP contribution in [0.4, 0.5) is 0 Å². The minimum atomic E-state index is 0.676. The predicted octanol–water partition coefficient (Wildman–Crippen LogP) is 26.7. The molecular weight excluding hydrogens is 1310 g/mol. The van der Waals surface area contributed by atoms with E-state index in [1.165, 1.54) is 92.6 Å². The van der Waals surface area contributed by atoms with Gasteiger partial charge in [-0.15, -0.1) is 0 Å². The van der Waals surface area contributed by atoms with Gasteiger partial charge in [0.15, 0.2) is 11.6 Å². The van der Waals surface area contributed by atoms with Crippen LogP contribution in [0.1, 0.15) is 0 Å². The molecule has 0 N–H and O–H groups in total. The van der Waals surface area contributed by atoms with E-state index in [4.69, 9.17) is 19.9 Å². The van der Waals surface area contributed by atoms with Gasteiger partial charge in [-0.2, -0.15) is 0 Å². The van der Waals surface area contributed by atoms with Gasteiger partial charge in [0.2, 0.25) is 0 Å². The number of nitrogens with zero attached hydrogens (tertiary/aromatic N) is 6. The highest BCUT2D eigenvalue weighted by Crippen LogP contribution is 2.47. The highest BCUT2D eigenvalue weighted by Gasteiger charge is 2.22. The van der Waals surface area contributed by atoms with Crippen molar-refractivity contribution in [1.82, 2.24) is 29.9 Å². The minimum Gasteiger partial charge on any atom is -0.264 e. The Hall–Kier alpha value is -14.5. The van der Waals surface area contributed by atoms with Crippen LogP contribution in [-0.4, -0.2) is 29.9 Å². The normalized spacial score (nSPS) is 11.3. The van der Waals surface area contributed by atoms with E-state index < -0.39 is 0 Å². The Balaban J connectivity index is 0.000000149. The summed E-state index contributed by atoms with van der Waals surface area (Å²) in [6.07, 6.45) is 7.39. The van der Waals surface area contributed by atoms with Crippen molar-refractivity contribution in [2.75, 3.05) is 0 Å². The van der Waals surface area contributed by atoms with E-state index >= 15 is 0 Å². The average molecular weight is 1380 g/mol. The van der Waals surface area contributed by atoms with Gasteiger partial charge < -0.3 is 0 Å². The van der Waals surface area contributed by atoms with Gasteiger partial charge in [0, 0.05) is 63.7 Å². The summed E-state index contributed by atoms with van der Waals surface area (Å²) in [5, 5.41) is 14.6. The molecule has 504 valence electrons. The van der Waals surface area contributed by atoms with Crippen LogP contribution in [0, 0.1) is 0 Å². The van der Waals surface area contributed by atoms with Crippen molar-refractivity contribution in [2.45, 2.75) is 0 Å². The molecule has 0 bridgehead atoms. The molecule has 0 saturated carbocycles. The fourth-order valence-electron chi connectivity index (χ4n) is 15.6. The fourth-order valence-corrected chi connectivity index (χ4v) is 15.6. The third-order valence-corrected chi connectivity index (χ3v) is 20.7. The summed E-state index contributed by atoms with van der Waals surface area (Å²) in [6, 6.07) is 133. The second-order valence-electron chi connectivity index (χ2n) is 27.2. The Morgan fingerprint density at radius 2 is 0.481 bits per heavy atom. The summed E-state index contributed by atoms with van der Waals surface area (Å²) in [5.74, 6) is 1.37. The predicted molar refractivity (Wildman–Crippen MR) is 450 cm³/mol. The Morgan fingerprint density at radius 1 is 0.157 bits per heavy atom. The maximum absolute atomic E-state index is 5.35. The van der Waals surface area contributed by atoms with E-state index in [0.717, 1.165) is 94.9 Å². The SMILES string of the molecule is c1ccc(-c2cc(-c3ccc(-c4cccnc4)cc3)nc(-c3cccc(-c4c5ccccc5c(-c5ccccc5)c5ccccc45)c3)n2)cc1.c1cncc(-c2cccc(-c3cc(-c4cccc5ccccc45)nc(-c4cccc(-c5c6ccccc6c(-c6ccc7ccccc7c6)c6ccccc56)c4)n3)c2)c1. The molecule has 6 nitrogen and oxygen atoms in total. The molecule has 0 spiro atoms. The van der Waals surface area contributed by atoms with Crippen molar-refractivity contribution in [2.24, 2.45) is 0 Å². The lowest BCUT2D eigenvalue weighted by Gasteiger charge is -2.18. The molecule has 0 radical (unpaired) electrons. The maximum atomic E-state index is 5.35. The topological polar surface area (TPSA) is 77.3 Å². The molecule has 0 amide bonds. The number of benzene rings is 16. The van der Waals surface area contributed by atoms with E-state index in [9.17, 15) is 0 Å².